The van der Waals surface area contributed by atoms with Gasteiger partial charge >= 0.3 is 0 Å². The molecule has 0 bridgehead atoms. The van der Waals surface area contributed by atoms with Crippen LogP contribution in [0.5, 0.6) is 0 Å². The van der Waals surface area contributed by atoms with Gasteiger partial charge in [-0.15, -0.1) is 0 Å². The van der Waals surface area contributed by atoms with E-state index >= 15 is 0 Å². The van der Waals surface area contributed by atoms with Crippen LogP contribution in [-0.2, 0) is 6.54 Å². The summed E-state index contributed by atoms with van der Waals surface area (Å²) < 4.78 is 0.803. The zero-order valence-corrected chi connectivity index (χ0v) is 13.8. The first kappa shape index (κ1) is 14.7. The fraction of sp³-hybridized carbons (Fsp3) is 0.200. The number of rotatable bonds is 3. The van der Waals surface area contributed by atoms with E-state index in [0.717, 1.165) is 16.7 Å². The summed E-state index contributed by atoms with van der Waals surface area (Å²) >= 11 is 15.7. The van der Waals surface area contributed by atoms with Crippen molar-refractivity contribution in [3.8, 4) is 0 Å². The molecule has 2 rings (SSSR count). The fourth-order valence-corrected chi connectivity index (χ4v) is 2.81. The van der Waals surface area contributed by atoms with Gasteiger partial charge in [-0.2, -0.15) is 0 Å². The Morgan fingerprint density at radius 2 is 1.63 bits per heavy atom. The normalized spacial score (nSPS) is 10.6. The van der Waals surface area contributed by atoms with Crippen molar-refractivity contribution in [3.05, 3.63) is 61.5 Å². The Labute approximate surface area is 132 Å². The highest BCUT2D eigenvalue weighted by Crippen LogP contribution is 2.36. The summed E-state index contributed by atoms with van der Waals surface area (Å²) in [5.74, 6) is 0. The van der Waals surface area contributed by atoms with Crippen molar-refractivity contribution in [1.82, 2.24) is 0 Å². The third-order valence-electron chi connectivity index (χ3n) is 3.14. The fourth-order valence-electron chi connectivity index (χ4n) is 1.97. The maximum absolute atomic E-state index is 6.22. The predicted molar refractivity (Wildman–Crippen MR) is 87.4 cm³/mol. The van der Waals surface area contributed by atoms with Crippen molar-refractivity contribution >= 4 is 44.8 Å². The average molecular weight is 359 g/mol. The van der Waals surface area contributed by atoms with Crippen molar-refractivity contribution in [2.45, 2.75) is 20.4 Å². The molecule has 0 saturated heterocycles. The summed E-state index contributed by atoms with van der Waals surface area (Å²) in [5, 5.41) is 4.42. The highest BCUT2D eigenvalue weighted by atomic mass is 79.9. The number of hydrogen-bond acceptors (Lipinski definition) is 1. The summed E-state index contributed by atoms with van der Waals surface area (Å²) in [6.07, 6.45) is 0. The van der Waals surface area contributed by atoms with E-state index in [4.69, 9.17) is 23.2 Å². The molecule has 0 aliphatic carbocycles. The van der Waals surface area contributed by atoms with Crippen LogP contribution in [0.3, 0.4) is 0 Å². The van der Waals surface area contributed by atoms with Crippen molar-refractivity contribution < 1.29 is 0 Å². The lowest BCUT2D eigenvalue weighted by Crippen LogP contribution is -2.04. The molecular formula is C15H14BrCl2N. The summed E-state index contributed by atoms with van der Waals surface area (Å²) in [6, 6.07) is 10.1. The number of halogens is 3. The molecule has 0 atom stereocenters. The molecule has 1 nitrogen and oxygen atoms in total. The maximum atomic E-state index is 6.22. The molecule has 0 spiro atoms. The van der Waals surface area contributed by atoms with E-state index < -0.39 is 0 Å². The van der Waals surface area contributed by atoms with Gasteiger partial charge in [0.1, 0.15) is 0 Å². The number of anilines is 1. The second-order valence-corrected chi connectivity index (χ2v) is 6.06. The summed E-state index contributed by atoms with van der Waals surface area (Å²) in [6.45, 7) is 4.95. The summed E-state index contributed by atoms with van der Waals surface area (Å²) in [5.41, 5.74) is 4.67. The van der Waals surface area contributed by atoms with Crippen LogP contribution in [-0.4, -0.2) is 0 Å². The van der Waals surface area contributed by atoms with Crippen LogP contribution in [0, 0.1) is 13.8 Å². The van der Waals surface area contributed by atoms with Gasteiger partial charge in [-0.1, -0.05) is 41.4 Å². The molecule has 0 heterocycles. The van der Waals surface area contributed by atoms with Gasteiger partial charge in [-0.05, 0) is 58.6 Å². The Morgan fingerprint density at radius 1 is 1.00 bits per heavy atom. The maximum Gasteiger partial charge on any atom is 0.0835 e. The molecule has 19 heavy (non-hydrogen) atoms. The molecule has 2 aromatic carbocycles. The molecule has 0 unspecified atom stereocenters. The highest BCUT2D eigenvalue weighted by Gasteiger charge is 2.09. The lowest BCUT2D eigenvalue weighted by molar-refractivity contribution is 1.09. The molecule has 0 aliphatic rings. The molecule has 1 N–H and O–H groups in total. The van der Waals surface area contributed by atoms with Crippen LogP contribution in [0.15, 0.2) is 34.8 Å². The molecule has 0 fully saturated rings. The van der Waals surface area contributed by atoms with E-state index in [9.17, 15) is 0 Å². The quantitative estimate of drug-likeness (QED) is 0.665. The number of aryl methyl sites for hydroxylation is 2. The standard InChI is InChI=1S/C15H14BrCl2N/c1-9-4-3-5-10(2)11(9)8-19-13-7-6-12(16)14(17)15(13)18/h3-7,19H,8H2,1-2H3. The Morgan fingerprint density at radius 3 is 2.26 bits per heavy atom. The second-order valence-electron chi connectivity index (χ2n) is 4.45. The predicted octanol–water partition coefficient (Wildman–Crippen LogP) is 5.98. The SMILES string of the molecule is Cc1cccc(C)c1CNc1ccc(Br)c(Cl)c1Cl. The van der Waals surface area contributed by atoms with E-state index in [1.807, 2.05) is 12.1 Å². The molecular weight excluding hydrogens is 345 g/mol. The van der Waals surface area contributed by atoms with Gasteiger partial charge in [0.2, 0.25) is 0 Å². The first-order chi connectivity index (χ1) is 9.00. The van der Waals surface area contributed by atoms with Gasteiger partial charge in [-0.25, -0.2) is 0 Å². The minimum absolute atomic E-state index is 0.535. The Kier molecular flexibility index (Phi) is 4.77. The zero-order chi connectivity index (χ0) is 14.0. The number of benzene rings is 2. The smallest absolute Gasteiger partial charge is 0.0835 e. The van der Waals surface area contributed by atoms with Crippen LogP contribution >= 0.6 is 39.1 Å². The third-order valence-corrected chi connectivity index (χ3v) is 4.91. The van der Waals surface area contributed by atoms with Gasteiger partial charge < -0.3 is 5.32 Å². The molecule has 0 radical (unpaired) electrons. The number of nitrogens with one attached hydrogen (secondary N) is 1. The third kappa shape index (κ3) is 3.25. The Balaban J connectivity index is 2.22. The summed E-state index contributed by atoms with van der Waals surface area (Å²) in [7, 11) is 0. The highest BCUT2D eigenvalue weighted by molar-refractivity contribution is 9.10. The molecule has 100 valence electrons. The second kappa shape index (κ2) is 6.17. The van der Waals surface area contributed by atoms with Gasteiger partial charge in [-0.3, -0.25) is 0 Å². The van der Waals surface area contributed by atoms with Crippen molar-refractivity contribution in [1.29, 1.82) is 0 Å². The lowest BCUT2D eigenvalue weighted by Gasteiger charge is -2.14. The van der Waals surface area contributed by atoms with Gasteiger partial charge in [0, 0.05) is 11.0 Å². The average Bonchev–Trinajstić information content (AvgIpc) is 2.38. The van der Waals surface area contributed by atoms with Crippen molar-refractivity contribution in [2.24, 2.45) is 0 Å². The largest absolute Gasteiger partial charge is 0.380 e. The van der Waals surface area contributed by atoms with Gasteiger partial charge in [0.05, 0.1) is 15.7 Å². The van der Waals surface area contributed by atoms with E-state index in [1.54, 1.807) is 0 Å². The Hall–Kier alpha value is -0.700. The van der Waals surface area contributed by atoms with Crippen molar-refractivity contribution in [3.63, 3.8) is 0 Å². The minimum Gasteiger partial charge on any atom is -0.380 e. The van der Waals surface area contributed by atoms with Gasteiger partial charge in [0.15, 0.2) is 0 Å². The monoisotopic (exact) mass is 357 g/mol. The van der Waals surface area contributed by atoms with E-state index in [0.29, 0.717) is 10.0 Å². The number of hydrogen-bond donors (Lipinski definition) is 1. The van der Waals surface area contributed by atoms with Crippen LogP contribution in [0.1, 0.15) is 16.7 Å². The topological polar surface area (TPSA) is 12.0 Å². The molecule has 2 aromatic rings. The van der Waals surface area contributed by atoms with Crippen LogP contribution < -0.4 is 5.32 Å². The van der Waals surface area contributed by atoms with E-state index in [1.165, 1.54) is 16.7 Å². The van der Waals surface area contributed by atoms with Crippen LogP contribution in [0.2, 0.25) is 10.0 Å². The molecule has 0 amide bonds. The molecule has 0 saturated carbocycles. The first-order valence-electron chi connectivity index (χ1n) is 5.93. The zero-order valence-electron chi connectivity index (χ0n) is 10.7. The van der Waals surface area contributed by atoms with Gasteiger partial charge in [0.25, 0.3) is 0 Å². The van der Waals surface area contributed by atoms with E-state index in [-0.39, 0.29) is 0 Å². The minimum atomic E-state index is 0.535. The van der Waals surface area contributed by atoms with Crippen molar-refractivity contribution in [2.75, 3.05) is 5.32 Å². The lowest BCUT2D eigenvalue weighted by atomic mass is 10.0. The molecule has 0 aromatic heterocycles. The van der Waals surface area contributed by atoms with Crippen LogP contribution in [0.25, 0.3) is 0 Å². The van der Waals surface area contributed by atoms with E-state index in [2.05, 4.69) is 53.3 Å². The van der Waals surface area contributed by atoms with Crippen LogP contribution in [0.4, 0.5) is 5.69 Å². The molecule has 0 aliphatic heterocycles. The Bertz CT molecular complexity index is 591. The first-order valence-corrected chi connectivity index (χ1v) is 7.48. The summed E-state index contributed by atoms with van der Waals surface area (Å²) in [4.78, 5) is 0. The molecule has 4 heteroatoms.